The van der Waals surface area contributed by atoms with E-state index < -0.39 is 17.1 Å². The molecule has 2 rings (SSSR count). The zero-order valence-corrected chi connectivity index (χ0v) is 12.6. The summed E-state index contributed by atoms with van der Waals surface area (Å²) in [6, 6.07) is 7.60. The first-order chi connectivity index (χ1) is 10.0. The molecule has 1 heterocycles. The summed E-state index contributed by atoms with van der Waals surface area (Å²) >= 11 is 0.833. The maximum absolute atomic E-state index is 12.2. The highest BCUT2D eigenvalue weighted by atomic mass is 32.2. The predicted molar refractivity (Wildman–Crippen MR) is 80.5 cm³/mol. The van der Waals surface area contributed by atoms with Gasteiger partial charge in [-0.1, -0.05) is 29.8 Å². The fraction of sp³-hybridized carbons (Fsp3) is 0.267. The molecule has 0 N–H and O–H groups in total. The monoisotopic (exact) mass is 305 g/mol. The van der Waals surface area contributed by atoms with Gasteiger partial charge in [0, 0.05) is 0 Å². The topological polar surface area (TPSA) is 63.7 Å². The number of carbonyl (C=O) groups is 3. The molecule has 1 aromatic carbocycles. The van der Waals surface area contributed by atoms with Gasteiger partial charge in [0.15, 0.2) is 0 Å². The summed E-state index contributed by atoms with van der Waals surface area (Å²) in [5, 5.41) is -0.452. The van der Waals surface area contributed by atoms with E-state index in [-0.39, 0.29) is 13.2 Å². The molecular weight excluding hydrogens is 290 g/mol. The molecule has 6 heteroatoms. The summed E-state index contributed by atoms with van der Waals surface area (Å²) in [7, 11) is 0. The van der Waals surface area contributed by atoms with E-state index in [2.05, 4.69) is 0 Å². The number of rotatable bonds is 4. The van der Waals surface area contributed by atoms with Crippen LogP contribution in [0, 0.1) is 6.92 Å². The first-order valence-electron chi connectivity index (χ1n) is 6.49. The molecule has 0 aliphatic carbocycles. The lowest BCUT2D eigenvalue weighted by Crippen LogP contribution is -2.34. The van der Waals surface area contributed by atoms with E-state index in [1.165, 1.54) is 0 Å². The highest BCUT2D eigenvalue weighted by Gasteiger charge is 2.36. The summed E-state index contributed by atoms with van der Waals surface area (Å²) in [5.41, 5.74) is 1.91. The number of ether oxygens (including phenoxy) is 1. The second-order valence-electron chi connectivity index (χ2n) is 4.49. The number of amides is 2. The van der Waals surface area contributed by atoms with Gasteiger partial charge in [0.1, 0.15) is 6.54 Å². The molecule has 21 heavy (non-hydrogen) atoms. The molecule has 0 saturated carbocycles. The van der Waals surface area contributed by atoms with Gasteiger partial charge in [0.25, 0.3) is 11.1 Å². The quantitative estimate of drug-likeness (QED) is 0.632. The van der Waals surface area contributed by atoms with Crippen LogP contribution in [0.1, 0.15) is 18.1 Å². The largest absolute Gasteiger partial charge is 0.465 e. The zero-order chi connectivity index (χ0) is 15.4. The summed E-state index contributed by atoms with van der Waals surface area (Å²) in [5.74, 6) is -1.05. The molecule has 0 spiro atoms. The number of hydrogen-bond donors (Lipinski definition) is 0. The Bertz CT molecular complexity index is 624. The van der Waals surface area contributed by atoms with Gasteiger partial charge >= 0.3 is 5.97 Å². The van der Waals surface area contributed by atoms with Crippen LogP contribution in [0.15, 0.2) is 29.2 Å². The number of benzene rings is 1. The summed E-state index contributed by atoms with van der Waals surface area (Å²) < 4.78 is 4.76. The van der Waals surface area contributed by atoms with Crippen LogP contribution in [-0.2, 0) is 14.3 Å². The number of aryl methyl sites for hydroxylation is 1. The third kappa shape index (κ3) is 3.72. The molecule has 0 radical (unpaired) electrons. The molecule has 5 nitrogen and oxygen atoms in total. The van der Waals surface area contributed by atoms with Crippen molar-refractivity contribution in [1.29, 1.82) is 0 Å². The lowest BCUT2D eigenvalue weighted by molar-refractivity contribution is -0.145. The number of nitrogens with zero attached hydrogens (tertiary/aromatic N) is 1. The van der Waals surface area contributed by atoms with Gasteiger partial charge in [-0.05, 0) is 37.2 Å². The Morgan fingerprint density at radius 3 is 2.81 bits per heavy atom. The van der Waals surface area contributed by atoms with E-state index in [0.29, 0.717) is 4.91 Å². The van der Waals surface area contributed by atoms with Crippen LogP contribution in [0.25, 0.3) is 6.08 Å². The Kier molecular flexibility index (Phi) is 4.80. The first-order valence-corrected chi connectivity index (χ1v) is 7.30. The molecule has 1 fully saturated rings. The van der Waals surface area contributed by atoms with Crippen LogP contribution in [0.2, 0.25) is 0 Å². The molecule has 0 bridgehead atoms. The molecule has 0 atom stereocenters. The third-order valence-electron chi connectivity index (χ3n) is 2.81. The highest BCUT2D eigenvalue weighted by molar-refractivity contribution is 8.18. The Hall–Kier alpha value is -2.08. The summed E-state index contributed by atoms with van der Waals surface area (Å²) in [4.78, 5) is 36.6. The standard InChI is InChI=1S/C15H15NO4S/c1-3-20-13(17)9-16-14(18)12(21-15(16)19)8-11-6-4-5-10(2)7-11/h4-8H,3,9H2,1-2H3/b12-8-. The molecule has 1 aliphatic rings. The molecule has 1 aromatic rings. The van der Waals surface area contributed by atoms with E-state index in [4.69, 9.17) is 4.74 Å². The van der Waals surface area contributed by atoms with Crippen LogP contribution in [0.3, 0.4) is 0 Å². The molecule has 110 valence electrons. The lowest BCUT2D eigenvalue weighted by Gasteiger charge is -2.10. The van der Waals surface area contributed by atoms with Crippen molar-refractivity contribution in [3.8, 4) is 0 Å². The molecule has 0 unspecified atom stereocenters. The van der Waals surface area contributed by atoms with Crippen molar-refractivity contribution in [1.82, 2.24) is 4.90 Å². The van der Waals surface area contributed by atoms with Gasteiger partial charge in [-0.2, -0.15) is 0 Å². The Morgan fingerprint density at radius 2 is 2.14 bits per heavy atom. The van der Waals surface area contributed by atoms with E-state index in [9.17, 15) is 14.4 Å². The van der Waals surface area contributed by atoms with E-state index in [0.717, 1.165) is 27.8 Å². The Morgan fingerprint density at radius 1 is 1.38 bits per heavy atom. The Balaban J connectivity index is 2.16. The van der Waals surface area contributed by atoms with Crippen molar-refractivity contribution >= 4 is 35.0 Å². The molecule has 2 amide bonds. The fourth-order valence-corrected chi connectivity index (χ4v) is 2.72. The smallest absolute Gasteiger partial charge is 0.326 e. The molecule has 0 aromatic heterocycles. The number of hydrogen-bond acceptors (Lipinski definition) is 5. The van der Waals surface area contributed by atoms with Crippen LogP contribution < -0.4 is 0 Å². The minimum absolute atomic E-state index is 0.216. The number of esters is 1. The maximum atomic E-state index is 12.2. The van der Waals surface area contributed by atoms with E-state index in [1.54, 1.807) is 13.0 Å². The minimum atomic E-state index is -0.586. The summed E-state index contributed by atoms with van der Waals surface area (Å²) in [6.45, 7) is 3.49. The maximum Gasteiger partial charge on any atom is 0.326 e. The second kappa shape index (κ2) is 6.58. The van der Waals surface area contributed by atoms with Crippen molar-refractivity contribution < 1.29 is 19.1 Å². The third-order valence-corrected chi connectivity index (χ3v) is 3.71. The predicted octanol–water partition coefficient (Wildman–Crippen LogP) is 2.59. The summed E-state index contributed by atoms with van der Waals surface area (Å²) in [6.07, 6.45) is 1.66. The lowest BCUT2D eigenvalue weighted by atomic mass is 10.1. The average molecular weight is 305 g/mol. The van der Waals surface area contributed by atoms with Crippen LogP contribution in [-0.4, -0.2) is 35.2 Å². The Labute approximate surface area is 127 Å². The highest BCUT2D eigenvalue weighted by Crippen LogP contribution is 2.32. The van der Waals surface area contributed by atoms with Crippen molar-refractivity contribution in [2.45, 2.75) is 13.8 Å². The van der Waals surface area contributed by atoms with E-state index in [1.807, 2.05) is 31.2 Å². The molecule has 1 saturated heterocycles. The fourth-order valence-electron chi connectivity index (χ4n) is 1.88. The van der Waals surface area contributed by atoms with Gasteiger partial charge in [-0.25, -0.2) is 0 Å². The van der Waals surface area contributed by atoms with Crippen LogP contribution >= 0.6 is 11.8 Å². The van der Waals surface area contributed by atoms with Gasteiger partial charge in [-0.15, -0.1) is 0 Å². The van der Waals surface area contributed by atoms with Crippen LogP contribution in [0.5, 0.6) is 0 Å². The second-order valence-corrected chi connectivity index (χ2v) is 5.48. The SMILES string of the molecule is CCOC(=O)CN1C(=O)S/C(=C\c2cccc(C)c2)C1=O. The van der Waals surface area contributed by atoms with Gasteiger partial charge in [0.05, 0.1) is 11.5 Å². The van der Waals surface area contributed by atoms with Crippen molar-refractivity contribution in [2.24, 2.45) is 0 Å². The normalized spacial score (nSPS) is 16.7. The zero-order valence-electron chi connectivity index (χ0n) is 11.8. The van der Waals surface area contributed by atoms with Crippen molar-refractivity contribution in [2.75, 3.05) is 13.2 Å². The number of imide groups is 1. The first kappa shape index (κ1) is 15.3. The average Bonchev–Trinajstić information content (AvgIpc) is 2.67. The van der Waals surface area contributed by atoms with Crippen LogP contribution in [0.4, 0.5) is 4.79 Å². The minimum Gasteiger partial charge on any atom is -0.465 e. The van der Waals surface area contributed by atoms with Crippen molar-refractivity contribution in [3.05, 3.63) is 40.3 Å². The van der Waals surface area contributed by atoms with Crippen molar-refractivity contribution in [3.63, 3.8) is 0 Å². The van der Waals surface area contributed by atoms with Gasteiger partial charge in [-0.3, -0.25) is 19.3 Å². The van der Waals surface area contributed by atoms with Gasteiger partial charge in [0.2, 0.25) is 0 Å². The van der Waals surface area contributed by atoms with Gasteiger partial charge < -0.3 is 4.74 Å². The number of carbonyl (C=O) groups excluding carboxylic acids is 3. The molecular formula is C15H15NO4S. The molecule has 1 aliphatic heterocycles. The number of thioether (sulfide) groups is 1. The van der Waals surface area contributed by atoms with E-state index >= 15 is 0 Å².